The van der Waals surface area contributed by atoms with Gasteiger partial charge in [0.2, 0.25) is 0 Å². The quantitative estimate of drug-likeness (QED) is 0.753. The number of pyridine rings is 1. The second-order valence-corrected chi connectivity index (χ2v) is 6.90. The number of carbonyl (C=O) groups excluding carboxylic acids is 2. The van der Waals surface area contributed by atoms with Crippen LogP contribution in [0.3, 0.4) is 0 Å². The van der Waals surface area contributed by atoms with Crippen molar-refractivity contribution in [3.8, 4) is 0 Å². The summed E-state index contributed by atoms with van der Waals surface area (Å²) in [4.78, 5) is 35.8. The van der Waals surface area contributed by atoms with Crippen molar-refractivity contribution >= 4 is 11.8 Å². The lowest BCUT2D eigenvalue weighted by Crippen LogP contribution is -2.33. The highest BCUT2D eigenvalue weighted by Crippen LogP contribution is 2.21. The first-order valence-electron chi connectivity index (χ1n) is 9.26. The highest BCUT2D eigenvalue weighted by molar-refractivity contribution is 5.97. The monoisotopic (exact) mass is 370 g/mol. The lowest BCUT2D eigenvalue weighted by molar-refractivity contribution is 0.0935. The van der Waals surface area contributed by atoms with E-state index in [2.05, 4.69) is 20.6 Å². The molecule has 0 saturated heterocycles. The third-order valence-electron chi connectivity index (χ3n) is 4.54. The van der Waals surface area contributed by atoms with E-state index in [1.807, 2.05) is 41.8 Å². The van der Waals surface area contributed by atoms with E-state index in [1.54, 1.807) is 6.20 Å². The Hall–Kier alpha value is -2.74. The Kier molecular flexibility index (Phi) is 6.18. The molecular formula is C19H26N6O2. The molecule has 8 nitrogen and oxygen atoms in total. The van der Waals surface area contributed by atoms with E-state index < -0.39 is 0 Å². The van der Waals surface area contributed by atoms with Crippen molar-refractivity contribution in [2.45, 2.75) is 32.4 Å². The summed E-state index contributed by atoms with van der Waals surface area (Å²) in [5.41, 5.74) is 1.97. The summed E-state index contributed by atoms with van der Waals surface area (Å²) >= 11 is 0. The Balaban J connectivity index is 1.74. The number of nitrogens with zero attached hydrogens (tertiary/aromatic N) is 4. The van der Waals surface area contributed by atoms with Crippen LogP contribution in [0.4, 0.5) is 0 Å². The van der Waals surface area contributed by atoms with Crippen molar-refractivity contribution in [2.24, 2.45) is 0 Å². The third-order valence-corrected chi connectivity index (χ3v) is 4.54. The van der Waals surface area contributed by atoms with Crippen LogP contribution in [0, 0.1) is 0 Å². The summed E-state index contributed by atoms with van der Waals surface area (Å²) in [6.45, 7) is 2.33. The lowest BCUT2D eigenvalue weighted by atomic mass is 10.1. The van der Waals surface area contributed by atoms with E-state index in [9.17, 15) is 9.59 Å². The molecule has 0 saturated carbocycles. The van der Waals surface area contributed by atoms with Gasteiger partial charge in [0.1, 0.15) is 5.69 Å². The second-order valence-electron chi connectivity index (χ2n) is 6.90. The molecule has 2 amide bonds. The van der Waals surface area contributed by atoms with E-state index >= 15 is 0 Å². The zero-order valence-electron chi connectivity index (χ0n) is 15.9. The SMILES string of the molecule is CN(C)CCNC(=O)c1nc(C(=O)NCc2ccccn2)c2n1CCCC2. The van der Waals surface area contributed by atoms with Gasteiger partial charge in [0.25, 0.3) is 11.8 Å². The summed E-state index contributed by atoms with van der Waals surface area (Å²) in [5, 5.41) is 5.74. The zero-order valence-corrected chi connectivity index (χ0v) is 15.9. The minimum absolute atomic E-state index is 0.233. The van der Waals surface area contributed by atoms with Gasteiger partial charge in [-0.2, -0.15) is 0 Å². The Bertz CT molecular complexity index is 800. The molecule has 0 fully saturated rings. The van der Waals surface area contributed by atoms with Gasteiger partial charge in [-0.1, -0.05) is 6.07 Å². The van der Waals surface area contributed by atoms with Crippen molar-refractivity contribution < 1.29 is 9.59 Å². The summed E-state index contributed by atoms with van der Waals surface area (Å²) < 4.78 is 1.89. The predicted molar refractivity (Wildman–Crippen MR) is 101 cm³/mol. The molecule has 27 heavy (non-hydrogen) atoms. The van der Waals surface area contributed by atoms with Gasteiger partial charge in [-0.05, 0) is 45.5 Å². The molecule has 8 heteroatoms. The molecule has 2 aromatic rings. The first-order valence-corrected chi connectivity index (χ1v) is 9.26. The van der Waals surface area contributed by atoms with Gasteiger partial charge in [-0.3, -0.25) is 14.6 Å². The van der Waals surface area contributed by atoms with Gasteiger partial charge in [-0.15, -0.1) is 0 Å². The summed E-state index contributed by atoms with van der Waals surface area (Å²) in [6.07, 6.45) is 4.42. The molecule has 0 atom stereocenters. The van der Waals surface area contributed by atoms with E-state index in [4.69, 9.17) is 0 Å². The first-order chi connectivity index (χ1) is 13.1. The minimum atomic E-state index is -0.265. The molecule has 0 bridgehead atoms. The van der Waals surface area contributed by atoms with E-state index in [0.717, 1.165) is 37.2 Å². The molecule has 144 valence electrons. The maximum absolute atomic E-state index is 12.7. The van der Waals surface area contributed by atoms with Gasteiger partial charge in [0.15, 0.2) is 5.82 Å². The maximum Gasteiger partial charge on any atom is 0.287 e. The third kappa shape index (κ3) is 4.71. The number of hydrogen-bond acceptors (Lipinski definition) is 5. The fourth-order valence-corrected chi connectivity index (χ4v) is 3.13. The normalized spacial score (nSPS) is 13.3. The van der Waals surface area contributed by atoms with E-state index in [0.29, 0.717) is 31.2 Å². The average molecular weight is 370 g/mol. The zero-order chi connectivity index (χ0) is 19.2. The molecule has 0 aliphatic carbocycles. The molecule has 0 unspecified atom stereocenters. The highest BCUT2D eigenvalue weighted by Gasteiger charge is 2.27. The van der Waals surface area contributed by atoms with Crippen LogP contribution in [0.25, 0.3) is 0 Å². The van der Waals surface area contributed by atoms with Crippen molar-refractivity contribution in [3.63, 3.8) is 0 Å². The number of rotatable bonds is 7. The molecule has 2 aromatic heterocycles. The van der Waals surface area contributed by atoms with Crippen LogP contribution in [0.1, 0.15) is 45.3 Å². The molecule has 0 aromatic carbocycles. The standard InChI is InChI=1S/C19H26N6O2/c1-24(2)12-10-21-19(27)17-23-16(15-8-4-6-11-25(15)17)18(26)22-13-14-7-3-5-9-20-14/h3,5,7,9H,4,6,8,10-13H2,1-2H3,(H,21,27)(H,22,26). The second kappa shape index (κ2) is 8.77. The largest absolute Gasteiger partial charge is 0.348 e. The van der Waals surface area contributed by atoms with Crippen molar-refractivity contribution in [1.29, 1.82) is 0 Å². The van der Waals surface area contributed by atoms with Crippen LogP contribution < -0.4 is 10.6 Å². The van der Waals surface area contributed by atoms with Crippen molar-refractivity contribution in [1.82, 2.24) is 30.1 Å². The first kappa shape index (κ1) is 19.0. The molecule has 0 radical (unpaired) electrons. The number of likely N-dealkylation sites (N-methyl/N-ethyl adjacent to an activating group) is 1. The van der Waals surface area contributed by atoms with E-state index in [1.165, 1.54) is 0 Å². The fourth-order valence-electron chi connectivity index (χ4n) is 3.13. The highest BCUT2D eigenvalue weighted by atomic mass is 16.2. The lowest BCUT2D eigenvalue weighted by Gasteiger charge is -2.17. The van der Waals surface area contributed by atoms with Gasteiger partial charge < -0.3 is 20.1 Å². The van der Waals surface area contributed by atoms with Gasteiger partial charge in [-0.25, -0.2) is 4.98 Å². The van der Waals surface area contributed by atoms with Crippen LogP contribution in [0.2, 0.25) is 0 Å². The number of aromatic nitrogens is 3. The minimum Gasteiger partial charge on any atom is -0.348 e. The van der Waals surface area contributed by atoms with Crippen molar-refractivity contribution in [3.05, 3.63) is 47.3 Å². The molecule has 0 spiro atoms. The molecule has 3 rings (SSSR count). The van der Waals surface area contributed by atoms with Crippen LogP contribution in [-0.4, -0.2) is 58.4 Å². The fraction of sp³-hybridized carbons (Fsp3) is 0.474. The predicted octanol–water partition coefficient (Wildman–Crippen LogP) is 0.836. The Morgan fingerprint density at radius 1 is 1.19 bits per heavy atom. The Labute approximate surface area is 159 Å². The summed E-state index contributed by atoms with van der Waals surface area (Å²) in [7, 11) is 3.90. The van der Waals surface area contributed by atoms with E-state index in [-0.39, 0.29) is 11.8 Å². The average Bonchev–Trinajstić information content (AvgIpc) is 3.06. The molecule has 2 N–H and O–H groups in total. The number of carbonyl (C=O) groups is 2. The van der Waals surface area contributed by atoms with Crippen LogP contribution in [-0.2, 0) is 19.5 Å². The summed E-state index contributed by atoms with van der Waals surface area (Å²) in [5.74, 6) is -0.172. The smallest absolute Gasteiger partial charge is 0.287 e. The van der Waals surface area contributed by atoms with Crippen molar-refractivity contribution in [2.75, 3.05) is 27.2 Å². The Morgan fingerprint density at radius 2 is 2.04 bits per heavy atom. The van der Waals surface area contributed by atoms with Gasteiger partial charge in [0, 0.05) is 25.8 Å². The molecular weight excluding hydrogens is 344 g/mol. The van der Waals surface area contributed by atoms with Gasteiger partial charge in [0.05, 0.1) is 17.9 Å². The number of nitrogens with one attached hydrogen (secondary N) is 2. The number of imidazole rings is 1. The Morgan fingerprint density at radius 3 is 2.78 bits per heavy atom. The molecule has 1 aliphatic rings. The number of amides is 2. The maximum atomic E-state index is 12.7. The number of hydrogen-bond donors (Lipinski definition) is 2. The van der Waals surface area contributed by atoms with Crippen LogP contribution in [0.5, 0.6) is 0 Å². The molecule has 1 aliphatic heterocycles. The topological polar surface area (TPSA) is 92.2 Å². The van der Waals surface area contributed by atoms with Crippen LogP contribution in [0.15, 0.2) is 24.4 Å². The summed E-state index contributed by atoms with van der Waals surface area (Å²) in [6, 6.07) is 5.56. The number of fused-ring (bicyclic) bond motifs is 1. The van der Waals surface area contributed by atoms with Crippen LogP contribution >= 0.6 is 0 Å². The van der Waals surface area contributed by atoms with Gasteiger partial charge >= 0.3 is 0 Å². The molecule has 3 heterocycles.